The smallest absolute Gasteiger partial charge is 0.434 e. The minimum Gasteiger partial charge on any atom is -0.434 e. The Hall–Kier alpha value is -1.28. The van der Waals surface area contributed by atoms with Crippen LogP contribution in [0.4, 0.5) is 10.6 Å². The fourth-order valence-electron chi connectivity index (χ4n) is 1.24. The topological polar surface area (TPSA) is 114 Å². The van der Waals surface area contributed by atoms with Crippen LogP contribution < -0.4 is 15.5 Å². The monoisotopic (exact) mass is 340 g/mol. The van der Waals surface area contributed by atoms with E-state index in [-0.39, 0.29) is 64.2 Å². The van der Waals surface area contributed by atoms with E-state index in [2.05, 4.69) is 24.7 Å². The summed E-state index contributed by atoms with van der Waals surface area (Å²) in [5, 5.41) is 0. The molecule has 0 saturated carbocycles. The van der Waals surface area contributed by atoms with Crippen LogP contribution in [0.5, 0.6) is 6.01 Å². The van der Waals surface area contributed by atoms with E-state index in [1.54, 1.807) is 13.8 Å². The number of anilines is 1. The van der Waals surface area contributed by atoms with Crippen molar-refractivity contribution in [3.05, 3.63) is 13.3 Å². The van der Waals surface area contributed by atoms with Crippen LogP contribution in [0.1, 0.15) is 12.7 Å². The van der Waals surface area contributed by atoms with Crippen molar-refractivity contribution >= 4 is 23.1 Å². The van der Waals surface area contributed by atoms with Gasteiger partial charge in [0.05, 0.1) is 17.9 Å². The van der Waals surface area contributed by atoms with Gasteiger partial charge >= 0.3 is 6.16 Å². The number of rotatable bonds is 2. The Labute approximate surface area is 135 Å². The number of hydrogen-bond donors (Lipinski definition) is 1. The predicted molar refractivity (Wildman–Crippen MR) is 63.9 cm³/mol. The number of aromatic nitrogens is 4. The Kier molecular flexibility index (Phi) is 6.85. The SMILES string of the molecule is CCOC(=O)Oc1nc2c(N)nc(C)nc2[n-]1.[CH3-].[Y]. The second kappa shape index (κ2) is 7.35. The van der Waals surface area contributed by atoms with Gasteiger partial charge in [-0.25, -0.2) is 9.78 Å². The van der Waals surface area contributed by atoms with E-state index in [4.69, 9.17) is 10.5 Å². The Bertz CT molecular complexity index is 572. The van der Waals surface area contributed by atoms with E-state index in [0.717, 1.165) is 0 Å². The molecule has 0 aliphatic rings. The van der Waals surface area contributed by atoms with Crippen molar-refractivity contribution in [1.29, 1.82) is 0 Å². The average Bonchev–Trinajstić information content (AvgIpc) is 2.60. The maximum absolute atomic E-state index is 11.0. The maximum Gasteiger partial charge on any atom is 0.514 e. The van der Waals surface area contributed by atoms with Crippen LogP contribution in [-0.4, -0.2) is 27.7 Å². The fraction of sp³-hybridized carbons (Fsp3) is 0.300. The molecule has 0 bridgehead atoms. The number of carbonyl (C=O) groups is 1. The first-order valence-corrected chi connectivity index (χ1v) is 4.89. The molecule has 2 aromatic rings. The number of imidazole rings is 1. The first-order chi connectivity index (χ1) is 8.10. The number of nitrogen functional groups attached to an aromatic ring is 1. The summed E-state index contributed by atoms with van der Waals surface area (Å²) in [6.07, 6.45) is -0.869. The molecule has 2 rings (SSSR count). The van der Waals surface area contributed by atoms with Crippen LogP contribution in [-0.2, 0) is 37.4 Å². The minimum atomic E-state index is -0.869. The van der Waals surface area contributed by atoms with Crippen molar-refractivity contribution < 1.29 is 47.0 Å². The van der Waals surface area contributed by atoms with Crippen molar-refractivity contribution in [2.75, 3.05) is 12.3 Å². The van der Waals surface area contributed by atoms with Crippen LogP contribution in [0.2, 0.25) is 0 Å². The number of aryl methyl sites for hydroxylation is 1. The molecule has 2 aromatic heterocycles. The van der Waals surface area contributed by atoms with Gasteiger partial charge in [-0.3, -0.25) is 0 Å². The third-order valence-corrected chi connectivity index (χ3v) is 1.85. The zero-order valence-corrected chi connectivity index (χ0v) is 13.7. The molecule has 0 aliphatic heterocycles. The van der Waals surface area contributed by atoms with Crippen LogP contribution >= 0.6 is 0 Å². The van der Waals surface area contributed by atoms with E-state index in [1.165, 1.54) is 0 Å². The van der Waals surface area contributed by atoms with Crippen LogP contribution in [0.15, 0.2) is 0 Å². The van der Waals surface area contributed by atoms with Gasteiger partial charge in [0.25, 0.3) is 0 Å². The van der Waals surface area contributed by atoms with E-state index >= 15 is 0 Å². The van der Waals surface area contributed by atoms with Crippen molar-refractivity contribution in [3.63, 3.8) is 0 Å². The number of carbonyl (C=O) groups excluding carboxylic acids is 1. The third-order valence-electron chi connectivity index (χ3n) is 1.85. The number of nitrogens with zero attached hydrogens (tertiary/aromatic N) is 4. The summed E-state index contributed by atoms with van der Waals surface area (Å²) in [5.41, 5.74) is 6.22. The van der Waals surface area contributed by atoms with Gasteiger partial charge in [0.1, 0.15) is 5.82 Å². The second-order valence-corrected chi connectivity index (χ2v) is 3.12. The Morgan fingerprint density at radius 2 is 2.05 bits per heavy atom. The first-order valence-electron chi connectivity index (χ1n) is 4.89. The van der Waals surface area contributed by atoms with E-state index in [9.17, 15) is 4.79 Å². The molecule has 0 fully saturated rings. The Balaban J connectivity index is 0.00000162. The summed E-state index contributed by atoms with van der Waals surface area (Å²) in [5.74, 6) is 0.663. The van der Waals surface area contributed by atoms with Crippen LogP contribution in [0.3, 0.4) is 0 Å². The van der Waals surface area contributed by atoms with Gasteiger partial charge in [0, 0.05) is 38.4 Å². The molecule has 0 atom stereocenters. The number of hydrogen-bond acceptors (Lipinski definition) is 7. The van der Waals surface area contributed by atoms with Gasteiger partial charge in [-0.05, 0) is 13.8 Å². The Morgan fingerprint density at radius 1 is 1.37 bits per heavy atom. The largest absolute Gasteiger partial charge is 0.514 e. The molecule has 0 aliphatic carbocycles. The normalized spacial score (nSPS) is 9.37. The average molecular weight is 340 g/mol. The Morgan fingerprint density at radius 3 is 2.68 bits per heavy atom. The van der Waals surface area contributed by atoms with Crippen molar-refractivity contribution in [1.82, 2.24) is 19.9 Å². The summed E-state index contributed by atoms with van der Waals surface area (Å²) in [6, 6.07) is -0.148. The van der Waals surface area contributed by atoms with E-state index in [1.807, 2.05) is 0 Å². The first kappa shape index (κ1) is 17.7. The zero-order valence-electron chi connectivity index (χ0n) is 10.9. The number of ether oxygens (including phenoxy) is 2. The third kappa shape index (κ3) is 4.10. The van der Waals surface area contributed by atoms with Gasteiger partial charge in [-0.1, -0.05) is 0 Å². The summed E-state index contributed by atoms with van der Waals surface area (Å²) < 4.78 is 9.32. The molecule has 9 heteroatoms. The van der Waals surface area contributed by atoms with Crippen LogP contribution in [0, 0.1) is 14.4 Å². The van der Waals surface area contributed by atoms with Crippen molar-refractivity contribution in [2.24, 2.45) is 0 Å². The molecule has 0 saturated heterocycles. The fourth-order valence-corrected chi connectivity index (χ4v) is 1.24. The van der Waals surface area contributed by atoms with Gasteiger partial charge in [-0.15, -0.1) is 0 Å². The molecule has 0 unspecified atom stereocenters. The molecule has 19 heavy (non-hydrogen) atoms. The molecule has 0 aromatic carbocycles. The standard InChI is InChI=1S/C9H10N5O3.CH3.Y/c1-3-16-9(15)17-8-13-5-6(10)11-4(2)12-7(5)14-8;;/h3H2,1-2H3,(H2-,10,11,12,13,14);1H3;/q2*-1;. The molecule has 0 amide bonds. The minimum absolute atomic E-state index is 0. The van der Waals surface area contributed by atoms with Gasteiger partial charge < -0.3 is 37.6 Å². The predicted octanol–water partition coefficient (Wildman–Crippen LogP) is 0.856. The van der Waals surface area contributed by atoms with Gasteiger partial charge in [0.15, 0.2) is 6.01 Å². The quantitative estimate of drug-likeness (QED) is 0.632. The van der Waals surface area contributed by atoms with Gasteiger partial charge in [-0.2, -0.15) is 0 Å². The van der Waals surface area contributed by atoms with E-state index < -0.39 is 6.16 Å². The maximum atomic E-state index is 11.0. The summed E-state index contributed by atoms with van der Waals surface area (Å²) in [4.78, 5) is 26.8. The molecule has 1 radical (unpaired) electrons. The molecular weight excluding hydrogens is 327 g/mol. The molecule has 2 N–H and O–H groups in total. The van der Waals surface area contributed by atoms with Crippen LogP contribution in [0.25, 0.3) is 11.2 Å². The molecular formula is C10H13N5O3Y-2. The van der Waals surface area contributed by atoms with E-state index in [0.29, 0.717) is 11.3 Å². The zero-order chi connectivity index (χ0) is 12.4. The van der Waals surface area contributed by atoms with Crippen molar-refractivity contribution in [2.45, 2.75) is 13.8 Å². The number of fused-ring (bicyclic) bond motifs is 1. The van der Waals surface area contributed by atoms with Crippen molar-refractivity contribution in [3.8, 4) is 6.01 Å². The summed E-state index contributed by atoms with van der Waals surface area (Å²) >= 11 is 0. The second-order valence-electron chi connectivity index (χ2n) is 3.12. The number of nitrogens with two attached hydrogens (primary N) is 1. The summed E-state index contributed by atoms with van der Waals surface area (Å²) in [7, 11) is 0. The molecule has 0 spiro atoms. The molecule has 101 valence electrons. The molecule has 8 nitrogen and oxygen atoms in total. The summed E-state index contributed by atoms with van der Waals surface area (Å²) in [6.45, 7) is 3.55. The van der Waals surface area contributed by atoms with Gasteiger partial charge in [0.2, 0.25) is 0 Å². The molecule has 2 heterocycles.